The minimum atomic E-state index is 0. The Labute approximate surface area is 245 Å². The number of benzene rings is 2. The Morgan fingerprint density at radius 1 is 0.658 bits per heavy atom. The number of aryl methyl sites for hydroxylation is 4. The fourth-order valence-corrected chi connectivity index (χ4v) is 5.16. The zero-order valence-corrected chi connectivity index (χ0v) is 26.3. The van der Waals surface area contributed by atoms with Gasteiger partial charge in [-0.05, 0) is 110 Å². The molecule has 0 aromatic heterocycles. The summed E-state index contributed by atoms with van der Waals surface area (Å²) < 4.78 is 0. The number of aliphatic imine (C=N–C) groups is 2. The predicted octanol–water partition coefficient (Wildman–Crippen LogP) is 11.0. The van der Waals surface area contributed by atoms with Crippen molar-refractivity contribution in [2.75, 3.05) is 0 Å². The van der Waals surface area contributed by atoms with E-state index in [2.05, 4.69) is 71.9 Å². The van der Waals surface area contributed by atoms with Gasteiger partial charge < -0.3 is 0 Å². The zero-order valence-electron chi connectivity index (χ0n) is 25.3. The molecule has 0 aliphatic heterocycles. The van der Waals surface area contributed by atoms with Crippen LogP contribution < -0.4 is 0 Å². The van der Waals surface area contributed by atoms with Crippen LogP contribution in [-0.4, -0.2) is 11.9 Å². The van der Waals surface area contributed by atoms with E-state index >= 15 is 0 Å². The molecule has 0 aliphatic carbocycles. The van der Waals surface area contributed by atoms with Crippen molar-refractivity contribution >= 4 is 23.3 Å². The first-order valence-electron chi connectivity index (χ1n) is 15.4. The molecule has 0 unspecified atom stereocenters. The molecule has 0 saturated heterocycles. The average Bonchev–Trinajstić information content (AvgIpc) is 2.90. The fourth-order valence-electron chi connectivity index (χ4n) is 5.16. The van der Waals surface area contributed by atoms with E-state index in [9.17, 15) is 0 Å². The van der Waals surface area contributed by atoms with Crippen LogP contribution in [0.2, 0.25) is 0 Å². The van der Waals surface area contributed by atoms with E-state index in [0.29, 0.717) is 0 Å². The third-order valence-electron chi connectivity index (χ3n) is 7.31. The molecule has 2 rings (SSSR count). The van der Waals surface area contributed by atoms with E-state index in [0.717, 1.165) is 49.2 Å². The van der Waals surface area contributed by atoms with Crippen LogP contribution in [0.15, 0.2) is 40.3 Å². The second-order valence-electron chi connectivity index (χ2n) is 10.7. The Kier molecular flexibility index (Phi) is 18.2. The Bertz CT molecular complexity index is 960. The van der Waals surface area contributed by atoms with E-state index in [1.165, 1.54) is 86.5 Å². The first-order valence-corrected chi connectivity index (χ1v) is 15.4. The van der Waals surface area contributed by atoms with Gasteiger partial charge in [0.15, 0.2) is 0 Å². The van der Waals surface area contributed by atoms with E-state index in [-0.39, 0.29) is 16.5 Å². The molecule has 0 N–H and O–H groups in total. The van der Waals surface area contributed by atoms with Gasteiger partial charge in [0.2, 0.25) is 0 Å². The van der Waals surface area contributed by atoms with Crippen molar-refractivity contribution in [3.63, 3.8) is 0 Å². The molecule has 38 heavy (non-hydrogen) atoms. The second kappa shape index (κ2) is 20.2. The normalized spacial score (nSPS) is 11.8. The molecule has 0 fully saturated rings. The molecule has 0 amide bonds. The molecule has 0 heterocycles. The van der Waals surface area contributed by atoms with Crippen molar-refractivity contribution in [2.45, 2.75) is 138 Å². The van der Waals surface area contributed by atoms with E-state index in [1.54, 1.807) is 5.56 Å². The van der Waals surface area contributed by atoms with Crippen molar-refractivity contribution < 1.29 is 16.5 Å². The van der Waals surface area contributed by atoms with Crippen LogP contribution in [0.5, 0.6) is 0 Å². The SMILES string of the molecule is CCCCCCCCc1cc(C)cc(N=C(C=Nc2cc(CCCC)c(CC)c(CCCC)c2)CC)c1.[Ni]. The average molecular weight is 562 g/mol. The number of hydrogen-bond acceptors (Lipinski definition) is 2. The number of rotatable bonds is 18. The monoisotopic (exact) mass is 560 g/mol. The second-order valence-corrected chi connectivity index (χ2v) is 10.7. The van der Waals surface area contributed by atoms with Crippen molar-refractivity contribution in [1.82, 2.24) is 0 Å². The van der Waals surface area contributed by atoms with Gasteiger partial charge in [0, 0.05) is 22.7 Å². The largest absolute Gasteiger partial charge is 0.255 e. The van der Waals surface area contributed by atoms with Gasteiger partial charge in [-0.3, -0.25) is 9.98 Å². The van der Waals surface area contributed by atoms with Gasteiger partial charge in [-0.25, -0.2) is 0 Å². The van der Waals surface area contributed by atoms with Gasteiger partial charge in [-0.15, -0.1) is 0 Å². The Balaban J connectivity index is 0.00000722. The Hall–Kier alpha value is -1.73. The van der Waals surface area contributed by atoms with Crippen LogP contribution >= 0.6 is 0 Å². The van der Waals surface area contributed by atoms with E-state index in [4.69, 9.17) is 9.98 Å². The van der Waals surface area contributed by atoms with Gasteiger partial charge in [-0.2, -0.15) is 0 Å². The first kappa shape index (κ1) is 34.3. The van der Waals surface area contributed by atoms with Crippen molar-refractivity contribution in [2.24, 2.45) is 9.98 Å². The Morgan fingerprint density at radius 2 is 1.26 bits per heavy atom. The van der Waals surface area contributed by atoms with E-state index in [1.807, 2.05) is 6.21 Å². The van der Waals surface area contributed by atoms with Crippen LogP contribution in [0, 0.1) is 6.92 Å². The smallest absolute Gasteiger partial charge is 0.0639 e. The summed E-state index contributed by atoms with van der Waals surface area (Å²) in [6.07, 6.45) is 20.4. The number of hydrogen-bond donors (Lipinski definition) is 0. The molecule has 0 saturated carbocycles. The Morgan fingerprint density at radius 3 is 1.84 bits per heavy atom. The molecule has 2 aromatic carbocycles. The molecule has 0 atom stereocenters. The minimum Gasteiger partial charge on any atom is -0.255 e. The van der Waals surface area contributed by atoms with Crippen molar-refractivity contribution in [3.8, 4) is 0 Å². The first-order chi connectivity index (χ1) is 18.0. The molecule has 0 radical (unpaired) electrons. The molecule has 0 aliphatic rings. The third-order valence-corrected chi connectivity index (χ3v) is 7.31. The topological polar surface area (TPSA) is 24.7 Å². The summed E-state index contributed by atoms with van der Waals surface area (Å²) in [5.74, 6) is 0. The van der Waals surface area contributed by atoms with Gasteiger partial charge in [0.1, 0.15) is 0 Å². The molecule has 2 nitrogen and oxygen atoms in total. The summed E-state index contributed by atoms with van der Waals surface area (Å²) >= 11 is 0. The van der Waals surface area contributed by atoms with Gasteiger partial charge >= 0.3 is 0 Å². The molecule has 0 spiro atoms. The number of nitrogens with zero attached hydrogens (tertiary/aromatic N) is 2. The van der Waals surface area contributed by atoms with Crippen LogP contribution in [0.1, 0.15) is 133 Å². The van der Waals surface area contributed by atoms with Gasteiger partial charge in [0.05, 0.1) is 17.1 Å². The van der Waals surface area contributed by atoms with Gasteiger partial charge in [-0.1, -0.05) is 85.6 Å². The number of unbranched alkanes of at least 4 members (excludes halogenated alkanes) is 7. The van der Waals surface area contributed by atoms with Crippen LogP contribution in [-0.2, 0) is 42.2 Å². The van der Waals surface area contributed by atoms with Crippen LogP contribution in [0.25, 0.3) is 0 Å². The third kappa shape index (κ3) is 12.4. The summed E-state index contributed by atoms with van der Waals surface area (Å²) in [5.41, 5.74) is 10.5. The van der Waals surface area contributed by atoms with E-state index < -0.39 is 0 Å². The standard InChI is InChI=1S/C35H54N2.Ni/c1-7-12-15-16-17-18-19-29-22-28(6)23-34(24-29)37-32(10-4)27-36-33-25-30(20-13-8-2)35(11-5)31(26-33)21-14-9-3;/h22-27H,7-21H2,1-6H3;. The van der Waals surface area contributed by atoms with Crippen LogP contribution in [0.4, 0.5) is 11.4 Å². The summed E-state index contributed by atoms with van der Waals surface area (Å²) in [6, 6.07) is 11.5. The quantitative estimate of drug-likeness (QED) is 0.0983. The molecule has 2 aromatic rings. The molecule has 214 valence electrons. The molecule has 0 bridgehead atoms. The van der Waals surface area contributed by atoms with Crippen molar-refractivity contribution in [3.05, 3.63) is 58.1 Å². The minimum absolute atomic E-state index is 0. The summed E-state index contributed by atoms with van der Waals surface area (Å²) in [7, 11) is 0. The fraction of sp³-hybridized carbons (Fsp3) is 0.600. The van der Waals surface area contributed by atoms with Crippen LogP contribution in [0.3, 0.4) is 0 Å². The zero-order chi connectivity index (χ0) is 26.9. The summed E-state index contributed by atoms with van der Waals surface area (Å²) in [4.78, 5) is 9.99. The maximum Gasteiger partial charge on any atom is 0.0639 e. The van der Waals surface area contributed by atoms with Crippen molar-refractivity contribution in [1.29, 1.82) is 0 Å². The summed E-state index contributed by atoms with van der Waals surface area (Å²) in [5, 5.41) is 0. The molecule has 3 heteroatoms. The maximum absolute atomic E-state index is 5.03. The van der Waals surface area contributed by atoms with Gasteiger partial charge in [0.25, 0.3) is 0 Å². The molecular weight excluding hydrogens is 507 g/mol. The maximum atomic E-state index is 5.03. The molecular formula is C35H54N2Ni. The summed E-state index contributed by atoms with van der Waals surface area (Å²) in [6.45, 7) is 13.5. The predicted molar refractivity (Wildman–Crippen MR) is 167 cm³/mol.